The number of likely N-dealkylation sites (N-methyl/N-ethyl adjacent to an activating group) is 1. The Morgan fingerprint density at radius 1 is 1.86 bits per heavy atom. The summed E-state index contributed by atoms with van der Waals surface area (Å²) in [6, 6.07) is 0.875. The molecule has 0 radical (unpaired) electrons. The van der Waals surface area contributed by atoms with Crippen molar-refractivity contribution in [3.05, 3.63) is 11.8 Å². The molecule has 1 aliphatic carbocycles. The van der Waals surface area contributed by atoms with Crippen LogP contribution in [0.3, 0.4) is 0 Å². The molecule has 2 rings (SSSR count). The smallest absolute Gasteiger partial charge is 0.0513 e. The molecule has 0 spiro atoms. The third-order valence-electron chi connectivity index (χ3n) is 2.00. The van der Waals surface area contributed by atoms with Crippen molar-refractivity contribution in [1.29, 1.82) is 0 Å². The zero-order valence-corrected chi connectivity index (χ0v) is 4.52. The van der Waals surface area contributed by atoms with Gasteiger partial charge in [-0.3, -0.25) is 0 Å². The largest absolute Gasteiger partial charge is 0.374 e. The van der Waals surface area contributed by atoms with Crippen LogP contribution in [0.15, 0.2) is 11.8 Å². The van der Waals surface area contributed by atoms with Gasteiger partial charge in [-0.05, 0) is 18.4 Å². The predicted molar refractivity (Wildman–Crippen MR) is 28.9 cm³/mol. The van der Waals surface area contributed by atoms with Crippen molar-refractivity contribution in [2.24, 2.45) is 0 Å². The zero-order valence-electron chi connectivity index (χ0n) is 4.52. The molecular formula is C6H9N. The Morgan fingerprint density at radius 2 is 2.71 bits per heavy atom. The molecule has 1 aliphatic heterocycles. The normalized spacial score (nSPS) is 35.3. The number of nitrogens with zero attached hydrogens (tertiary/aromatic N) is 1. The van der Waals surface area contributed by atoms with Gasteiger partial charge in [0, 0.05) is 13.2 Å². The van der Waals surface area contributed by atoms with E-state index in [1.165, 1.54) is 12.8 Å². The molecule has 1 saturated carbocycles. The van der Waals surface area contributed by atoms with Crippen LogP contribution in [-0.2, 0) is 0 Å². The fourth-order valence-electron chi connectivity index (χ4n) is 1.33. The summed E-state index contributed by atoms with van der Waals surface area (Å²) in [5.41, 5.74) is 1.67. The molecular weight excluding hydrogens is 86.1 g/mol. The van der Waals surface area contributed by atoms with Crippen LogP contribution in [0.2, 0.25) is 0 Å². The molecule has 1 nitrogen and oxygen atoms in total. The van der Waals surface area contributed by atoms with Gasteiger partial charge in [0.25, 0.3) is 0 Å². The summed E-state index contributed by atoms with van der Waals surface area (Å²) in [7, 11) is 2.15. The first-order valence-corrected chi connectivity index (χ1v) is 2.80. The van der Waals surface area contributed by atoms with Gasteiger partial charge >= 0.3 is 0 Å². The summed E-state index contributed by atoms with van der Waals surface area (Å²) >= 11 is 0. The zero-order chi connectivity index (χ0) is 4.85. The first kappa shape index (κ1) is 3.53. The molecule has 2 aliphatic rings. The number of fused-ring (bicyclic) bond motifs is 1. The van der Waals surface area contributed by atoms with E-state index in [9.17, 15) is 0 Å². The van der Waals surface area contributed by atoms with Gasteiger partial charge in [-0.25, -0.2) is 0 Å². The lowest BCUT2D eigenvalue weighted by atomic mass is 9.81. The Morgan fingerprint density at radius 3 is 2.71 bits per heavy atom. The lowest BCUT2D eigenvalue weighted by molar-refractivity contribution is 0.230. The van der Waals surface area contributed by atoms with E-state index in [2.05, 4.69) is 18.1 Å². The van der Waals surface area contributed by atoms with E-state index in [1.807, 2.05) is 0 Å². The molecule has 0 saturated heterocycles. The van der Waals surface area contributed by atoms with Crippen molar-refractivity contribution >= 4 is 0 Å². The maximum Gasteiger partial charge on any atom is 0.0513 e. The minimum atomic E-state index is 0.875. The fraction of sp³-hybridized carbons (Fsp3) is 0.667. The monoisotopic (exact) mass is 95.1 g/mol. The van der Waals surface area contributed by atoms with Crippen molar-refractivity contribution in [3.63, 3.8) is 0 Å². The summed E-state index contributed by atoms with van der Waals surface area (Å²) in [4.78, 5) is 2.29. The topological polar surface area (TPSA) is 3.24 Å². The van der Waals surface area contributed by atoms with Crippen LogP contribution < -0.4 is 0 Å². The maximum atomic E-state index is 2.29. The van der Waals surface area contributed by atoms with Gasteiger partial charge in [0.05, 0.1) is 6.04 Å². The van der Waals surface area contributed by atoms with Crippen LogP contribution in [0.4, 0.5) is 0 Å². The van der Waals surface area contributed by atoms with Crippen molar-refractivity contribution in [3.8, 4) is 0 Å². The van der Waals surface area contributed by atoms with E-state index in [0.29, 0.717) is 0 Å². The van der Waals surface area contributed by atoms with Gasteiger partial charge in [-0.15, -0.1) is 0 Å². The Bertz CT molecular complexity index is 126. The molecule has 0 amide bonds. The van der Waals surface area contributed by atoms with Crippen molar-refractivity contribution < 1.29 is 0 Å². The molecule has 38 valence electrons. The van der Waals surface area contributed by atoms with Crippen molar-refractivity contribution in [2.75, 3.05) is 7.05 Å². The van der Waals surface area contributed by atoms with Crippen LogP contribution in [0.1, 0.15) is 12.8 Å². The number of hydrogen-bond acceptors (Lipinski definition) is 1. The van der Waals surface area contributed by atoms with E-state index in [-0.39, 0.29) is 0 Å². The maximum absolute atomic E-state index is 2.29. The van der Waals surface area contributed by atoms with Crippen LogP contribution in [0.5, 0.6) is 0 Å². The van der Waals surface area contributed by atoms with E-state index in [1.54, 1.807) is 5.57 Å². The standard InChI is InChI=1S/C6H9N/c1-7-4-5-2-3-6(5)7/h4,6H,2-3H2,1H3. The van der Waals surface area contributed by atoms with E-state index < -0.39 is 0 Å². The van der Waals surface area contributed by atoms with Crippen LogP contribution in [0.25, 0.3) is 0 Å². The highest BCUT2D eigenvalue weighted by molar-refractivity contribution is 5.28. The van der Waals surface area contributed by atoms with E-state index >= 15 is 0 Å². The average molecular weight is 95.1 g/mol. The lowest BCUT2D eigenvalue weighted by Crippen LogP contribution is -2.44. The Labute approximate surface area is 43.6 Å². The number of rotatable bonds is 0. The molecule has 0 bridgehead atoms. The number of hydrogen-bond donors (Lipinski definition) is 0. The highest BCUT2D eigenvalue weighted by atomic mass is 15.2. The quantitative estimate of drug-likeness (QED) is 0.433. The van der Waals surface area contributed by atoms with Crippen LogP contribution >= 0.6 is 0 Å². The van der Waals surface area contributed by atoms with E-state index in [4.69, 9.17) is 0 Å². The molecule has 0 aromatic carbocycles. The molecule has 1 heterocycles. The third kappa shape index (κ3) is 0.254. The summed E-state index contributed by atoms with van der Waals surface area (Å²) in [6.07, 6.45) is 5.02. The fourth-order valence-corrected chi connectivity index (χ4v) is 1.33. The molecule has 1 fully saturated rings. The van der Waals surface area contributed by atoms with Crippen LogP contribution in [0, 0.1) is 0 Å². The van der Waals surface area contributed by atoms with E-state index in [0.717, 1.165) is 6.04 Å². The molecule has 1 heteroatoms. The van der Waals surface area contributed by atoms with Crippen molar-refractivity contribution in [2.45, 2.75) is 18.9 Å². The van der Waals surface area contributed by atoms with Gasteiger partial charge in [-0.2, -0.15) is 0 Å². The first-order valence-electron chi connectivity index (χ1n) is 2.80. The molecule has 1 atom stereocenters. The predicted octanol–water partition coefficient (Wildman–Crippen LogP) is 0.978. The van der Waals surface area contributed by atoms with Gasteiger partial charge in [-0.1, -0.05) is 0 Å². The Balaban J connectivity index is 2.23. The SMILES string of the molecule is CN1C=C2CCC21. The third-order valence-corrected chi connectivity index (χ3v) is 2.00. The van der Waals surface area contributed by atoms with Gasteiger partial charge in [0.15, 0.2) is 0 Å². The molecule has 0 aromatic heterocycles. The molecule has 0 aromatic rings. The van der Waals surface area contributed by atoms with Crippen molar-refractivity contribution in [1.82, 2.24) is 4.90 Å². The summed E-state index contributed by atoms with van der Waals surface area (Å²) in [6.45, 7) is 0. The second-order valence-electron chi connectivity index (χ2n) is 2.42. The summed E-state index contributed by atoms with van der Waals surface area (Å²) in [5, 5.41) is 0. The van der Waals surface area contributed by atoms with Crippen LogP contribution in [-0.4, -0.2) is 18.0 Å². The Hall–Kier alpha value is -0.460. The Kier molecular flexibility index (Phi) is 0.432. The first-order chi connectivity index (χ1) is 3.38. The second kappa shape index (κ2) is 0.857. The van der Waals surface area contributed by atoms with Gasteiger partial charge in [0.1, 0.15) is 0 Å². The van der Waals surface area contributed by atoms with Gasteiger partial charge in [0.2, 0.25) is 0 Å². The highest BCUT2D eigenvalue weighted by Crippen LogP contribution is 2.38. The second-order valence-corrected chi connectivity index (χ2v) is 2.42. The minimum absolute atomic E-state index is 0.875. The molecule has 0 N–H and O–H groups in total. The summed E-state index contributed by atoms with van der Waals surface area (Å²) in [5.74, 6) is 0. The molecule has 1 unspecified atom stereocenters. The highest BCUT2D eigenvalue weighted by Gasteiger charge is 2.33. The average Bonchev–Trinajstić information content (AvgIpc) is 1.59. The molecule has 7 heavy (non-hydrogen) atoms. The lowest BCUT2D eigenvalue weighted by Gasteiger charge is -2.46. The van der Waals surface area contributed by atoms with Gasteiger partial charge < -0.3 is 4.90 Å². The minimum Gasteiger partial charge on any atom is -0.374 e. The summed E-state index contributed by atoms with van der Waals surface area (Å²) < 4.78 is 0.